The van der Waals surface area contributed by atoms with Crippen LogP contribution < -0.4 is 5.32 Å². The molecule has 6 heteroatoms. The second-order valence-electron chi connectivity index (χ2n) is 7.82. The summed E-state index contributed by atoms with van der Waals surface area (Å²) < 4.78 is 5.47. The minimum atomic E-state index is 0. The van der Waals surface area contributed by atoms with Crippen LogP contribution in [0.5, 0.6) is 0 Å². The van der Waals surface area contributed by atoms with Crippen molar-refractivity contribution in [1.29, 1.82) is 0 Å². The third-order valence-corrected chi connectivity index (χ3v) is 5.85. The largest absolute Gasteiger partial charge is 0.379 e. The molecule has 1 N–H and O–H groups in total. The Morgan fingerprint density at radius 1 is 1.19 bits per heavy atom. The molecule has 0 aromatic heterocycles. The van der Waals surface area contributed by atoms with Gasteiger partial charge in [0.1, 0.15) is 0 Å². The predicted molar refractivity (Wildman–Crippen MR) is 121 cm³/mol. The van der Waals surface area contributed by atoms with Crippen LogP contribution in [0.1, 0.15) is 31.2 Å². The fraction of sp³-hybridized carbons (Fsp3) is 0.667. The molecule has 0 amide bonds. The first-order valence-corrected chi connectivity index (χ1v) is 10.2. The first-order chi connectivity index (χ1) is 12.8. The second kappa shape index (κ2) is 10.1. The normalized spacial score (nSPS) is 28.7. The number of morpholine rings is 1. The fourth-order valence-electron chi connectivity index (χ4n) is 4.30. The molecule has 0 bridgehead atoms. The average Bonchev–Trinajstić information content (AvgIpc) is 3.30. The molecule has 3 atom stereocenters. The second-order valence-corrected chi connectivity index (χ2v) is 7.82. The highest BCUT2D eigenvalue weighted by molar-refractivity contribution is 14.0. The molecule has 2 heterocycles. The van der Waals surface area contributed by atoms with Crippen LogP contribution in [0.3, 0.4) is 0 Å². The van der Waals surface area contributed by atoms with E-state index in [4.69, 9.17) is 9.73 Å². The van der Waals surface area contributed by atoms with Gasteiger partial charge in [0, 0.05) is 51.2 Å². The lowest BCUT2D eigenvalue weighted by molar-refractivity contribution is 0.0315. The molecule has 2 aliphatic heterocycles. The molecule has 0 radical (unpaired) electrons. The van der Waals surface area contributed by atoms with E-state index >= 15 is 0 Å². The zero-order valence-corrected chi connectivity index (χ0v) is 18.7. The minimum Gasteiger partial charge on any atom is -0.379 e. The number of benzene rings is 1. The summed E-state index contributed by atoms with van der Waals surface area (Å²) in [5.74, 6) is 2.52. The minimum absolute atomic E-state index is 0. The molecule has 3 unspecified atom stereocenters. The Hall–Kier alpha value is -0.860. The first kappa shape index (κ1) is 20.9. The lowest BCUT2D eigenvalue weighted by Gasteiger charge is -2.29. The number of hydrogen-bond acceptors (Lipinski definition) is 3. The number of aliphatic imine (C=N–C) groups is 1. The number of guanidine groups is 1. The summed E-state index contributed by atoms with van der Waals surface area (Å²) in [5.41, 5.74) is 1.45. The smallest absolute Gasteiger partial charge is 0.194 e. The Balaban J connectivity index is 0.00000210. The number of likely N-dealkylation sites (tertiary alicyclic amines) is 1. The van der Waals surface area contributed by atoms with Gasteiger partial charge in [-0.15, -0.1) is 24.0 Å². The van der Waals surface area contributed by atoms with Gasteiger partial charge >= 0.3 is 0 Å². The molecule has 1 saturated carbocycles. The Bertz CT molecular complexity index is 605. The molecule has 0 spiro atoms. The summed E-state index contributed by atoms with van der Waals surface area (Å²) in [6, 6.07) is 11.4. The van der Waals surface area contributed by atoms with E-state index in [0.29, 0.717) is 12.0 Å². The highest BCUT2D eigenvalue weighted by Crippen LogP contribution is 2.40. The Morgan fingerprint density at radius 3 is 2.70 bits per heavy atom. The molecule has 1 aliphatic carbocycles. The lowest BCUT2D eigenvalue weighted by atomic mass is 10.1. The SMILES string of the molecule is CCN=C(NC1CC1c1ccccc1)N1CCC(CN2CCOCC2)C1.I. The van der Waals surface area contributed by atoms with Gasteiger partial charge in [0.05, 0.1) is 13.2 Å². The summed E-state index contributed by atoms with van der Waals surface area (Å²) in [6.45, 7) is 10.4. The van der Waals surface area contributed by atoms with Gasteiger partial charge in [-0.2, -0.15) is 0 Å². The lowest BCUT2D eigenvalue weighted by Crippen LogP contribution is -2.43. The average molecular weight is 484 g/mol. The number of nitrogens with zero attached hydrogens (tertiary/aromatic N) is 3. The highest BCUT2D eigenvalue weighted by atomic mass is 127. The Kier molecular flexibility index (Phi) is 7.78. The number of halogens is 1. The van der Waals surface area contributed by atoms with E-state index in [0.717, 1.165) is 57.8 Å². The quantitative estimate of drug-likeness (QED) is 0.397. The van der Waals surface area contributed by atoms with Gasteiger partial charge in [-0.1, -0.05) is 30.3 Å². The summed E-state index contributed by atoms with van der Waals surface area (Å²) in [7, 11) is 0. The maximum atomic E-state index is 5.47. The molecule has 3 fully saturated rings. The topological polar surface area (TPSA) is 40.1 Å². The van der Waals surface area contributed by atoms with Crippen LogP contribution in [-0.2, 0) is 4.74 Å². The molecule has 150 valence electrons. The van der Waals surface area contributed by atoms with Crippen molar-refractivity contribution in [2.75, 3.05) is 52.5 Å². The van der Waals surface area contributed by atoms with Gasteiger partial charge in [0.15, 0.2) is 5.96 Å². The Labute approximate surface area is 180 Å². The zero-order chi connectivity index (χ0) is 17.8. The number of ether oxygens (including phenoxy) is 1. The van der Waals surface area contributed by atoms with Crippen molar-refractivity contribution in [2.45, 2.75) is 31.7 Å². The van der Waals surface area contributed by atoms with E-state index in [-0.39, 0.29) is 24.0 Å². The maximum absolute atomic E-state index is 5.47. The highest BCUT2D eigenvalue weighted by Gasteiger charge is 2.40. The van der Waals surface area contributed by atoms with Crippen LogP contribution >= 0.6 is 24.0 Å². The van der Waals surface area contributed by atoms with Crippen LogP contribution in [-0.4, -0.2) is 74.3 Å². The van der Waals surface area contributed by atoms with E-state index in [9.17, 15) is 0 Å². The monoisotopic (exact) mass is 484 g/mol. The van der Waals surface area contributed by atoms with Crippen molar-refractivity contribution in [1.82, 2.24) is 15.1 Å². The van der Waals surface area contributed by atoms with Crippen LogP contribution in [0.2, 0.25) is 0 Å². The molecule has 2 saturated heterocycles. The van der Waals surface area contributed by atoms with Crippen molar-refractivity contribution in [3.05, 3.63) is 35.9 Å². The number of nitrogens with one attached hydrogen (secondary N) is 1. The van der Waals surface area contributed by atoms with Gasteiger partial charge < -0.3 is 15.0 Å². The van der Waals surface area contributed by atoms with E-state index in [1.807, 2.05) is 0 Å². The first-order valence-electron chi connectivity index (χ1n) is 10.2. The Morgan fingerprint density at radius 2 is 1.96 bits per heavy atom. The van der Waals surface area contributed by atoms with E-state index in [2.05, 4.69) is 52.4 Å². The van der Waals surface area contributed by atoms with Gasteiger partial charge in [0.25, 0.3) is 0 Å². The summed E-state index contributed by atoms with van der Waals surface area (Å²) in [5, 5.41) is 3.75. The molecular formula is C21H33IN4O. The van der Waals surface area contributed by atoms with Crippen molar-refractivity contribution in [3.8, 4) is 0 Å². The fourth-order valence-corrected chi connectivity index (χ4v) is 4.30. The van der Waals surface area contributed by atoms with Gasteiger partial charge in [-0.3, -0.25) is 9.89 Å². The summed E-state index contributed by atoms with van der Waals surface area (Å²) >= 11 is 0. The molecule has 3 aliphatic rings. The summed E-state index contributed by atoms with van der Waals surface area (Å²) in [6.07, 6.45) is 2.49. The van der Waals surface area contributed by atoms with Crippen molar-refractivity contribution < 1.29 is 4.74 Å². The van der Waals surface area contributed by atoms with E-state index in [1.165, 1.54) is 24.9 Å². The maximum Gasteiger partial charge on any atom is 0.194 e. The van der Waals surface area contributed by atoms with Gasteiger partial charge in [-0.05, 0) is 31.2 Å². The summed E-state index contributed by atoms with van der Waals surface area (Å²) in [4.78, 5) is 9.84. The zero-order valence-electron chi connectivity index (χ0n) is 16.3. The van der Waals surface area contributed by atoms with Crippen LogP contribution in [0, 0.1) is 5.92 Å². The molecule has 1 aromatic rings. The van der Waals surface area contributed by atoms with Crippen molar-refractivity contribution in [3.63, 3.8) is 0 Å². The molecule has 1 aromatic carbocycles. The van der Waals surface area contributed by atoms with Crippen LogP contribution in [0.15, 0.2) is 35.3 Å². The molecular weight excluding hydrogens is 451 g/mol. The number of hydrogen-bond donors (Lipinski definition) is 1. The van der Waals surface area contributed by atoms with Crippen molar-refractivity contribution in [2.24, 2.45) is 10.9 Å². The van der Waals surface area contributed by atoms with E-state index in [1.54, 1.807) is 0 Å². The van der Waals surface area contributed by atoms with Gasteiger partial charge in [-0.25, -0.2) is 0 Å². The van der Waals surface area contributed by atoms with E-state index < -0.39 is 0 Å². The third-order valence-electron chi connectivity index (χ3n) is 5.85. The van der Waals surface area contributed by atoms with Gasteiger partial charge in [0.2, 0.25) is 0 Å². The van der Waals surface area contributed by atoms with Crippen LogP contribution in [0.4, 0.5) is 0 Å². The molecule has 5 nitrogen and oxygen atoms in total. The molecule has 27 heavy (non-hydrogen) atoms. The van der Waals surface area contributed by atoms with Crippen LogP contribution in [0.25, 0.3) is 0 Å². The number of rotatable bonds is 5. The molecule has 4 rings (SSSR count). The third kappa shape index (κ3) is 5.57. The van der Waals surface area contributed by atoms with Crippen molar-refractivity contribution >= 4 is 29.9 Å². The predicted octanol–water partition coefficient (Wildman–Crippen LogP) is 2.78. The standard InChI is InChI=1S/C21H32N4O.HI/c1-2-22-21(23-20-14-19(20)18-6-4-3-5-7-18)25-9-8-17(16-25)15-24-10-12-26-13-11-24;/h3-7,17,19-20H,2,8-16H2,1H3,(H,22,23);1H.